The van der Waals surface area contributed by atoms with Crippen molar-refractivity contribution in [2.45, 2.75) is 46.4 Å². The molecule has 1 fully saturated rings. The molecule has 4 aromatic rings. The molecule has 3 aromatic heterocycles. The fraction of sp³-hybridized carbons (Fsp3) is 0.419. The van der Waals surface area contributed by atoms with Crippen LogP contribution in [0.1, 0.15) is 52.6 Å². The lowest BCUT2D eigenvalue weighted by Crippen LogP contribution is -2.35. The normalized spacial score (nSPS) is 14.3. The number of fused-ring (bicyclic) bond motifs is 1. The van der Waals surface area contributed by atoms with Crippen LogP contribution >= 0.6 is 0 Å². The Morgan fingerprint density at radius 3 is 2.56 bits per heavy atom. The van der Waals surface area contributed by atoms with Crippen molar-refractivity contribution in [2.24, 2.45) is 0 Å². The number of hydrogen-bond donors (Lipinski definition) is 2. The van der Waals surface area contributed by atoms with Crippen molar-refractivity contribution in [3.8, 4) is 11.3 Å². The van der Waals surface area contributed by atoms with Gasteiger partial charge in [-0.2, -0.15) is 5.10 Å². The summed E-state index contributed by atoms with van der Waals surface area (Å²) < 4.78 is 7.30. The number of amides is 1. The number of ether oxygens (including phenoxy) is 1. The zero-order valence-electron chi connectivity index (χ0n) is 24.5. The number of carbonyl (C=O) groups excluding carboxylic acids is 1. The van der Waals surface area contributed by atoms with Gasteiger partial charge in [0.25, 0.3) is 11.5 Å². The average molecular weight is 558 g/mol. The summed E-state index contributed by atoms with van der Waals surface area (Å²) in [6.45, 7) is 10.9. The largest absolute Gasteiger partial charge is 0.379 e. The molecular formula is C31H39N7O3. The Hall–Kier alpha value is -3.86. The second-order valence-electron chi connectivity index (χ2n) is 11.3. The third-order valence-electron chi connectivity index (χ3n) is 7.34. The highest BCUT2D eigenvalue weighted by Crippen LogP contribution is 2.27. The van der Waals surface area contributed by atoms with Crippen LogP contribution in [0.5, 0.6) is 0 Å². The van der Waals surface area contributed by atoms with Crippen LogP contribution in [0.15, 0.2) is 47.4 Å². The van der Waals surface area contributed by atoms with Gasteiger partial charge in [-0.3, -0.25) is 14.5 Å². The molecule has 216 valence electrons. The molecular weight excluding hydrogens is 518 g/mol. The Kier molecular flexibility index (Phi) is 8.63. The number of pyridine rings is 2. The van der Waals surface area contributed by atoms with E-state index in [9.17, 15) is 9.59 Å². The van der Waals surface area contributed by atoms with Gasteiger partial charge >= 0.3 is 0 Å². The molecule has 0 aliphatic carbocycles. The number of aryl methyl sites for hydroxylation is 1. The highest BCUT2D eigenvalue weighted by Gasteiger charge is 2.20. The molecule has 41 heavy (non-hydrogen) atoms. The summed E-state index contributed by atoms with van der Waals surface area (Å²) in [5.41, 5.74) is 6.02. The molecule has 0 bridgehead atoms. The first-order valence-electron chi connectivity index (χ1n) is 14.1. The average Bonchev–Trinajstić information content (AvgIpc) is 3.37. The molecule has 0 radical (unpaired) electrons. The number of rotatable bonds is 9. The topological polar surface area (TPSA) is 108 Å². The van der Waals surface area contributed by atoms with Crippen molar-refractivity contribution < 1.29 is 9.53 Å². The Bertz CT molecular complexity index is 1580. The van der Waals surface area contributed by atoms with Crippen molar-refractivity contribution in [2.75, 3.05) is 40.4 Å². The minimum absolute atomic E-state index is 0.0711. The maximum Gasteiger partial charge on any atom is 0.253 e. The number of hydrogen-bond acceptors (Lipinski definition) is 7. The van der Waals surface area contributed by atoms with Crippen molar-refractivity contribution in [3.63, 3.8) is 0 Å². The predicted octanol–water partition coefficient (Wildman–Crippen LogP) is 3.50. The summed E-state index contributed by atoms with van der Waals surface area (Å²) in [5.74, 6) is -0.276. The summed E-state index contributed by atoms with van der Waals surface area (Å²) in [5, 5.41) is 8.21. The molecule has 1 aliphatic heterocycles. The summed E-state index contributed by atoms with van der Waals surface area (Å²) in [6.07, 6.45) is 1.70. The molecule has 1 aromatic carbocycles. The number of H-pyrrole nitrogens is 1. The lowest BCUT2D eigenvalue weighted by atomic mass is 10.0. The number of nitrogens with zero attached hydrogens (tertiary/aromatic N) is 5. The second kappa shape index (κ2) is 12.3. The van der Waals surface area contributed by atoms with Crippen LogP contribution < -0.4 is 10.9 Å². The van der Waals surface area contributed by atoms with E-state index < -0.39 is 0 Å². The highest BCUT2D eigenvalue weighted by atomic mass is 16.5. The van der Waals surface area contributed by atoms with Gasteiger partial charge in [0, 0.05) is 55.6 Å². The Labute approximate surface area is 240 Å². The van der Waals surface area contributed by atoms with Crippen LogP contribution in [0.2, 0.25) is 0 Å². The van der Waals surface area contributed by atoms with Crippen LogP contribution in [0.3, 0.4) is 0 Å². The van der Waals surface area contributed by atoms with Crippen molar-refractivity contribution in [1.82, 2.24) is 34.9 Å². The predicted molar refractivity (Wildman–Crippen MR) is 160 cm³/mol. The SMILES string of the molecule is Cc1cc(CN(C)C)c(CNC(=O)c2cc(-c3ccc(CN4CCOCC4)cc3)nc3c2cnn3C(C)C)c(=O)[nH]1. The molecule has 0 spiro atoms. The van der Waals surface area contributed by atoms with Crippen LogP contribution in [0.4, 0.5) is 0 Å². The van der Waals surface area contributed by atoms with Gasteiger partial charge in [0.1, 0.15) is 0 Å². The summed E-state index contributed by atoms with van der Waals surface area (Å²) in [4.78, 5) is 38.7. The Morgan fingerprint density at radius 2 is 1.88 bits per heavy atom. The highest BCUT2D eigenvalue weighted by molar-refractivity contribution is 6.06. The van der Waals surface area contributed by atoms with E-state index in [0.29, 0.717) is 34.4 Å². The number of aromatic amines is 1. The van der Waals surface area contributed by atoms with Gasteiger partial charge in [-0.1, -0.05) is 24.3 Å². The van der Waals surface area contributed by atoms with Crippen molar-refractivity contribution in [1.29, 1.82) is 0 Å². The van der Waals surface area contributed by atoms with Gasteiger partial charge in [0.2, 0.25) is 0 Å². The maximum atomic E-state index is 13.7. The Balaban J connectivity index is 1.45. The van der Waals surface area contributed by atoms with E-state index in [1.54, 1.807) is 6.20 Å². The van der Waals surface area contributed by atoms with Gasteiger partial charge in [-0.05, 0) is 58.1 Å². The fourth-order valence-corrected chi connectivity index (χ4v) is 5.25. The van der Waals surface area contributed by atoms with Gasteiger partial charge in [0.15, 0.2) is 5.65 Å². The van der Waals surface area contributed by atoms with Gasteiger partial charge < -0.3 is 19.9 Å². The molecule has 10 nitrogen and oxygen atoms in total. The van der Waals surface area contributed by atoms with Gasteiger partial charge in [-0.25, -0.2) is 9.67 Å². The molecule has 5 rings (SSSR count). The number of morpholine rings is 1. The number of carbonyl (C=O) groups is 1. The smallest absolute Gasteiger partial charge is 0.253 e. The maximum absolute atomic E-state index is 13.7. The van der Waals surface area contributed by atoms with E-state index >= 15 is 0 Å². The molecule has 1 saturated heterocycles. The van der Waals surface area contributed by atoms with Crippen LogP contribution in [-0.2, 0) is 24.4 Å². The minimum Gasteiger partial charge on any atom is -0.379 e. The third-order valence-corrected chi connectivity index (χ3v) is 7.34. The first kappa shape index (κ1) is 28.7. The fourth-order valence-electron chi connectivity index (χ4n) is 5.25. The summed E-state index contributed by atoms with van der Waals surface area (Å²) in [6, 6.07) is 12.2. The zero-order valence-corrected chi connectivity index (χ0v) is 24.5. The molecule has 0 saturated carbocycles. The van der Waals surface area contributed by atoms with E-state index in [2.05, 4.69) is 44.6 Å². The molecule has 0 atom stereocenters. The van der Waals surface area contributed by atoms with Crippen LogP contribution in [0, 0.1) is 6.92 Å². The van der Waals surface area contributed by atoms with E-state index in [1.165, 1.54) is 5.56 Å². The first-order valence-corrected chi connectivity index (χ1v) is 14.1. The second-order valence-corrected chi connectivity index (χ2v) is 11.3. The molecule has 4 heterocycles. The molecule has 2 N–H and O–H groups in total. The van der Waals surface area contributed by atoms with Crippen molar-refractivity contribution in [3.05, 3.63) is 80.9 Å². The van der Waals surface area contributed by atoms with E-state index in [0.717, 1.165) is 49.7 Å². The van der Waals surface area contributed by atoms with E-state index in [-0.39, 0.29) is 24.1 Å². The summed E-state index contributed by atoms with van der Waals surface area (Å²) in [7, 11) is 3.91. The lowest BCUT2D eigenvalue weighted by Gasteiger charge is -2.26. The van der Waals surface area contributed by atoms with Gasteiger partial charge in [0.05, 0.1) is 36.1 Å². The number of benzene rings is 1. The lowest BCUT2D eigenvalue weighted by molar-refractivity contribution is 0.0342. The van der Waals surface area contributed by atoms with Crippen LogP contribution in [0.25, 0.3) is 22.3 Å². The molecule has 1 amide bonds. The van der Waals surface area contributed by atoms with Crippen LogP contribution in [-0.4, -0.2) is 75.9 Å². The van der Waals surface area contributed by atoms with E-state index in [4.69, 9.17) is 9.72 Å². The Morgan fingerprint density at radius 1 is 1.15 bits per heavy atom. The first-order chi connectivity index (χ1) is 19.7. The molecule has 0 unspecified atom stereocenters. The minimum atomic E-state index is -0.276. The van der Waals surface area contributed by atoms with Gasteiger partial charge in [-0.15, -0.1) is 0 Å². The number of nitrogens with one attached hydrogen (secondary N) is 2. The monoisotopic (exact) mass is 557 g/mol. The standard InChI is InChI=1S/C31H39N7O3/c1-20(2)38-29-27(17-33-38)25(30(39)32-16-26-24(19-36(4)5)14-21(3)34-31(26)40)15-28(35-29)23-8-6-22(7-9-23)18-37-10-12-41-13-11-37/h6-9,14-15,17,20H,10-13,16,18-19H2,1-5H3,(H,32,39)(H,34,40). The summed E-state index contributed by atoms with van der Waals surface area (Å²) >= 11 is 0. The van der Waals surface area contributed by atoms with Crippen molar-refractivity contribution >= 4 is 16.9 Å². The van der Waals surface area contributed by atoms with E-state index in [1.807, 2.05) is 56.6 Å². The quantitative estimate of drug-likeness (QED) is 0.324. The molecule has 1 aliphatic rings. The third kappa shape index (κ3) is 6.56. The zero-order chi connectivity index (χ0) is 29.1. The molecule has 10 heteroatoms. The number of aromatic nitrogens is 4.